The Morgan fingerprint density at radius 2 is 1.71 bits per heavy atom. The molecule has 0 spiro atoms. The molecule has 21 heavy (non-hydrogen) atoms. The summed E-state index contributed by atoms with van der Waals surface area (Å²) in [4.78, 5) is 23.1. The van der Waals surface area contributed by atoms with Crippen molar-refractivity contribution in [1.29, 1.82) is 0 Å². The zero-order valence-corrected chi connectivity index (χ0v) is 13.6. The van der Waals surface area contributed by atoms with Crippen LogP contribution in [0.1, 0.15) is 20.7 Å². The highest BCUT2D eigenvalue weighted by Gasteiger charge is 2.14. The van der Waals surface area contributed by atoms with Crippen LogP contribution in [0, 0.1) is 0 Å². The lowest BCUT2D eigenvalue weighted by Gasteiger charge is -2.08. The van der Waals surface area contributed by atoms with Gasteiger partial charge in [-0.3, -0.25) is 4.79 Å². The van der Waals surface area contributed by atoms with Crippen molar-refractivity contribution in [2.24, 2.45) is 0 Å². The molecule has 108 valence electrons. The van der Waals surface area contributed by atoms with Gasteiger partial charge in [0.1, 0.15) is 11.3 Å². The number of aromatic hydroxyl groups is 1. The molecule has 0 aliphatic carbocycles. The summed E-state index contributed by atoms with van der Waals surface area (Å²) >= 11 is 6.58. The minimum Gasteiger partial charge on any atom is -0.507 e. The second-order valence-electron chi connectivity index (χ2n) is 4.12. The molecule has 7 heteroatoms. The van der Waals surface area contributed by atoms with Crippen LogP contribution in [0.15, 0.2) is 45.3 Å². The zero-order valence-electron chi connectivity index (χ0n) is 10.4. The minimum absolute atomic E-state index is 0.275. The quantitative estimate of drug-likeness (QED) is 0.665. The van der Waals surface area contributed by atoms with Gasteiger partial charge in [-0.15, -0.1) is 0 Å². The van der Waals surface area contributed by atoms with Crippen LogP contribution in [0.3, 0.4) is 0 Å². The van der Waals surface area contributed by atoms with Crippen molar-refractivity contribution in [3.63, 3.8) is 0 Å². The molecule has 2 rings (SSSR count). The summed E-state index contributed by atoms with van der Waals surface area (Å²) in [6.45, 7) is 0. The van der Waals surface area contributed by atoms with E-state index in [4.69, 9.17) is 5.11 Å². The fourth-order valence-corrected chi connectivity index (χ4v) is 2.88. The maximum absolute atomic E-state index is 12.1. The van der Waals surface area contributed by atoms with E-state index < -0.39 is 11.9 Å². The minimum atomic E-state index is -1.27. The first-order valence-electron chi connectivity index (χ1n) is 5.71. The maximum Gasteiger partial charge on any atom is 0.339 e. The standard InChI is InChI=1S/C14H9Br2NO4/c15-7-1-3-9(11(16)5-7)13(19)17-8-2-4-12(18)10(6-8)14(20)21/h1-6,18H,(H,17,19)(H,20,21). The third kappa shape index (κ3) is 3.62. The molecule has 0 saturated carbocycles. The third-order valence-electron chi connectivity index (χ3n) is 2.66. The van der Waals surface area contributed by atoms with Gasteiger partial charge in [-0.05, 0) is 52.3 Å². The monoisotopic (exact) mass is 413 g/mol. The number of benzene rings is 2. The van der Waals surface area contributed by atoms with Crippen LogP contribution in [-0.4, -0.2) is 22.1 Å². The molecule has 1 amide bonds. The van der Waals surface area contributed by atoms with Crippen molar-refractivity contribution in [3.05, 3.63) is 56.5 Å². The Kier molecular flexibility index (Phi) is 4.64. The van der Waals surface area contributed by atoms with Gasteiger partial charge in [-0.25, -0.2) is 4.79 Å². The first-order valence-corrected chi connectivity index (χ1v) is 7.30. The number of carbonyl (C=O) groups excluding carboxylic acids is 1. The van der Waals surface area contributed by atoms with Crippen molar-refractivity contribution in [2.45, 2.75) is 0 Å². The number of anilines is 1. The Balaban J connectivity index is 2.27. The van der Waals surface area contributed by atoms with Crippen molar-refractivity contribution in [3.8, 4) is 5.75 Å². The number of aromatic carboxylic acids is 1. The molecule has 2 aromatic rings. The normalized spacial score (nSPS) is 10.2. The van der Waals surface area contributed by atoms with Gasteiger partial charge in [0.2, 0.25) is 0 Å². The number of amides is 1. The van der Waals surface area contributed by atoms with Gasteiger partial charge in [0.25, 0.3) is 5.91 Å². The van der Waals surface area contributed by atoms with Gasteiger partial charge in [0.05, 0.1) is 5.56 Å². The number of nitrogens with one attached hydrogen (secondary N) is 1. The molecule has 0 heterocycles. The highest BCUT2D eigenvalue weighted by molar-refractivity contribution is 9.11. The summed E-state index contributed by atoms with van der Waals surface area (Å²) in [6, 6.07) is 8.92. The predicted octanol–water partition coefficient (Wildman–Crippen LogP) is 3.87. The number of carboxylic acids is 1. The highest BCUT2D eigenvalue weighted by atomic mass is 79.9. The van der Waals surface area contributed by atoms with E-state index in [0.717, 1.165) is 4.47 Å². The Labute approximate surface area is 136 Å². The molecule has 0 aliphatic heterocycles. The molecular weight excluding hydrogens is 406 g/mol. The van der Waals surface area contributed by atoms with Crippen LogP contribution in [0.25, 0.3) is 0 Å². The molecule has 0 atom stereocenters. The lowest BCUT2D eigenvalue weighted by Crippen LogP contribution is -2.13. The first kappa shape index (κ1) is 15.5. The zero-order chi connectivity index (χ0) is 15.6. The fourth-order valence-electron chi connectivity index (χ4n) is 1.66. The van der Waals surface area contributed by atoms with E-state index in [2.05, 4.69) is 37.2 Å². The number of carboxylic acid groups (broad SMARTS) is 1. The molecule has 0 radical (unpaired) electrons. The second-order valence-corrected chi connectivity index (χ2v) is 5.89. The maximum atomic E-state index is 12.1. The van der Waals surface area contributed by atoms with Crippen LogP contribution in [0.5, 0.6) is 5.75 Å². The van der Waals surface area contributed by atoms with Gasteiger partial charge >= 0.3 is 5.97 Å². The largest absolute Gasteiger partial charge is 0.507 e. The SMILES string of the molecule is O=C(O)c1cc(NC(=O)c2ccc(Br)cc2Br)ccc1O. The lowest BCUT2D eigenvalue weighted by molar-refractivity contribution is 0.0693. The third-order valence-corrected chi connectivity index (χ3v) is 3.81. The Morgan fingerprint density at radius 1 is 1.00 bits per heavy atom. The predicted molar refractivity (Wildman–Crippen MR) is 84.9 cm³/mol. The second kappa shape index (κ2) is 6.28. The number of hydrogen-bond donors (Lipinski definition) is 3. The molecular formula is C14H9Br2NO4. The number of halogens is 2. The summed E-state index contributed by atoms with van der Waals surface area (Å²) in [7, 11) is 0. The van der Waals surface area contributed by atoms with E-state index in [1.807, 2.05) is 0 Å². The number of hydrogen-bond acceptors (Lipinski definition) is 3. The van der Waals surface area contributed by atoms with Crippen molar-refractivity contribution < 1.29 is 19.8 Å². The van der Waals surface area contributed by atoms with Crippen molar-refractivity contribution >= 4 is 49.4 Å². The molecule has 0 unspecified atom stereocenters. The Bertz CT molecular complexity index is 731. The molecule has 0 aromatic heterocycles. The Hall–Kier alpha value is -1.86. The molecule has 0 fully saturated rings. The average Bonchev–Trinajstić information content (AvgIpc) is 2.40. The molecule has 5 nitrogen and oxygen atoms in total. The number of phenols is 1. The highest BCUT2D eigenvalue weighted by Crippen LogP contribution is 2.25. The summed E-state index contributed by atoms with van der Waals surface area (Å²) in [5.74, 6) is -2.02. The van der Waals surface area contributed by atoms with Gasteiger partial charge in [-0.2, -0.15) is 0 Å². The van der Waals surface area contributed by atoms with Gasteiger partial charge in [0, 0.05) is 14.6 Å². The topological polar surface area (TPSA) is 86.6 Å². The smallest absolute Gasteiger partial charge is 0.339 e. The van der Waals surface area contributed by atoms with Crippen LogP contribution in [-0.2, 0) is 0 Å². The summed E-state index contributed by atoms with van der Waals surface area (Å²) in [5, 5.41) is 20.9. The van der Waals surface area contributed by atoms with Crippen LogP contribution < -0.4 is 5.32 Å². The van der Waals surface area contributed by atoms with E-state index in [0.29, 0.717) is 10.0 Å². The molecule has 0 saturated heterocycles. The fraction of sp³-hybridized carbons (Fsp3) is 0. The van der Waals surface area contributed by atoms with E-state index in [-0.39, 0.29) is 17.0 Å². The summed E-state index contributed by atoms with van der Waals surface area (Å²) in [5.41, 5.74) is 0.413. The number of rotatable bonds is 3. The van der Waals surface area contributed by atoms with Crippen molar-refractivity contribution in [2.75, 3.05) is 5.32 Å². The van der Waals surface area contributed by atoms with Gasteiger partial charge in [-0.1, -0.05) is 15.9 Å². The Morgan fingerprint density at radius 3 is 2.33 bits per heavy atom. The van der Waals surface area contributed by atoms with E-state index in [1.54, 1.807) is 18.2 Å². The van der Waals surface area contributed by atoms with Crippen LogP contribution >= 0.6 is 31.9 Å². The lowest BCUT2D eigenvalue weighted by atomic mass is 10.1. The summed E-state index contributed by atoms with van der Waals surface area (Å²) in [6.07, 6.45) is 0. The summed E-state index contributed by atoms with van der Waals surface area (Å²) < 4.78 is 1.43. The van der Waals surface area contributed by atoms with E-state index in [9.17, 15) is 14.7 Å². The van der Waals surface area contributed by atoms with Crippen molar-refractivity contribution in [1.82, 2.24) is 0 Å². The van der Waals surface area contributed by atoms with Crippen LogP contribution in [0.2, 0.25) is 0 Å². The molecule has 0 bridgehead atoms. The van der Waals surface area contributed by atoms with E-state index in [1.165, 1.54) is 18.2 Å². The molecule has 2 aromatic carbocycles. The van der Waals surface area contributed by atoms with Crippen LogP contribution in [0.4, 0.5) is 5.69 Å². The molecule has 3 N–H and O–H groups in total. The van der Waals surface area contributed by atoms with Gasteiger partial charge < -0.3 is 15.5 Å². The van der Waals surface area contributed by atoms with E-state index >= 15 is 0 Å². The molecule has 0 aliphatic rings. The van der Waals surface area contributed by atoms with Gasteiger partial charge in [0.15, 0.2) is 0 Å². The number of carbonyl (C=O) groups is 2. The first-order chi connectivity index (χ1) is 9.88. The average molecular weight is 415 g/mol.